The zero-order chi connectivity index (χ0) is 12.2. The molecule has 16 heavy (non-hydrogen) atoms. The maximum absolute atomic E-state index is 11.8. The van der Waals surface area contributed by atoms with Crippen LogP contribution in [0.3, 0.4) is 0 Å². The summed E-state index contributed by atoms with van der Waals surface area (Å²) in [6.45, 7) is 4.25. The summed E-state index contributed by atoms with van der Waals surface area (Å²) in [6.07, 6.45) is 2.01. The first-order valence-corrected chi connectivity index (χ1v) is 5.65. The number of carbonyl (C=O) groups excluding carboxylic acids is 1. The van der Waals surface area contributed by atoms with Crippen molar-refractivity contribution in [3.05, 3.63) is 0 Å². The Labute approximate surface area is 95.2 Å². The molecule has 5 heteroatoms. The fourth-order valence-electron chi connectivity index (χ4n) is 1.81. The van der Waals surface area contributed by atoms with E-state index in [1.807, 2.05) is 13.8 Å². The fraction of sp³-hybridized carbons (Fsp3) is 0.818. The average Bonchev–Trinajstić information content (AvgIpc) is 2.68. The smallest absolute Gasteiger partial charge is 0.331 e. The summed E-state index contributed by atoms with van der Waals surface area (Å²) in [5.74, 6) is -1.36. The van der Waals surface area contributed by atoms with Crippen LogP contribution >= 0.6 is 0 Å². The number of ether oxygens (including phenoxy) is 1. The second-order valence-electron chi connectivity index (χ2n) is 4.37. The van der Waals surface area contributed by atoms with Gasteiger partial charge in [0.15, 0.2) is 5.54 Å². The molecule has 1 rings (SSSR count). The second-order valence-corrected chi connectivity index (χ2v) is 4.37. The summed E-state index contributed by atoms with van der Waals surface area (Å²) in [7, 11) is 0. The Morgan fingerprint density at radius 3 is 2.69 bits per heavy atom. The second kappa shape index (κ2) is 5.30. The molecular weight excluding hydrogens is 210 g/mol. The summed E-state index contributed by atoms with van der Waals surface area (Å²) in [5.41, 5.74) is -1.21. The van der Waals surface area contributed by atoms with Crippen molar-refractivity contribution in [2.24, 2.45) is 5.92 Å². The van der Waals surface area contributed by atoms with Gasteiger partial charge in [0.05, 0.1) is 6.61 Å². The number of nitrogens with one attached hydrogen (secondary N) is 1. The van der Waals surface area contributed by atoms with Gasteiger partial charge < -0.3 is 15.2 Å². The number of rotatable bonds is 5. The molecule has 0 saturated carbocycles. The number of hydrogen-bond donors (Lipinski definition) is 2. The van der Waals surface area contributed by atoms with Crippen molar-refractivity contribution in [1.82, 2.24) is 5.32 Å². The van der Waals surface area contributed by atoms with Gasteiger partial charge in [-0.25, -0.2) is 4.79 Å². The van der Waals surface area contributed by atoms with Crippen molar-refractivity contribution in [2.75, 3.05) is 13.2 Å². The van der Waals surface area contributed by atoms with E-state index in [0.29, 0.717) is 13.0 Å². The van der Waals surface area contributed by atoms with Crippen molar-refractivity contribution in [1.29, 1.82) is 0 Å². The molecule has 0 aromatic heterocycles. The van der Waals surface area contributed by atoms with Crippen LogP contribution in [0.1, 0.15) is 33.1 Å². The Hall–Kier alpha value is -1.10. The Bertz CT molecular complexity index is 271. The summed E-state index contributed by atoms with van der Waals surface area (Å²) in [4.78, 5) is 22.9. The molecule has 0 spiro atoms. The summed E-state index contributed by atoms with van der Waals surface area (Å²) < 4.78 is 5.07. The normalized spacial score (nSPS) is 26.4. The molecule has 1 aliphatic rings. The molecule has 1 aliphatic heterocycles. The Balaban J connectivity index is 2.62. The highest BCUT2D eigenvalue weighted by Crippen LogP contribution is 2.20. The highest BCUT2D eigenvalue weighted by Gasteiger charge is 2.44. The third-order valence-corrected chi connectivity index (χ3v) is 2.96. The quantitative estimate of drug-likeness (QED) is 0.730. The molecule has 92 valence electrons. The standard InChI is InChI=1S/C11H19NO4/c1-3-4-8(2)9(13)12-11(10(14)15)5-6-16-7-11/h8H,3-7H2,1-2H3,(H,12,13)(H,14,15). The molecule has 0 aromatic rings. The molecule has 0 aromatic carbocycles. The Morgan fingerprint density at radius 1 is 1.56 bits per heavy atom. The summed E-state index contributed by atoms with van der Waals surface area (Å²) >= 11 is 0. The number of hydrogen-bond acceptors (Lipinski definition) is 3. The minimum absolute atomic E-state index is 0.0624. The van der Waals surface area contributed by atoms with Crippen LogP contribution in [0, 0.1) is 5.92 Å². The number of amides is 1. The van der Waals surface area contributed by atoms with Gasteiger partial charge in [0.1, 0.15) is 0 Å². The molecule has 1 heterocycles. The van der Waals surface area contributed by atoms with Gasteiger partial charge in [-0.1, -0.05) is 20.3 Å². The SMILES string of the molecule is CCCC(C)C(=O)NC1(C(=O)O)CCOC1. The summed E-state index contributed by atoms with van der Waals surface area (Å²) in [5, 5.41) is 11.7. The van der Waals surface area contributed by atoms with Gasteiger partial charge in [0.25, 0.3) is 0 Å². The molecule has 0 aliphatic carbocycles. The van der Waals surface area contributed by atoms with Crippen LogP contribution in [0.5, 0.6) is 0 Å². The lowest BCUT2D eigenvalue weighted by Gasteiger charge is -2.25. The van der Waals surface area contributed by atoms with Gasteiger partial charge in [-0.05, 0) is 6.42 Å². The van der Waals surface area contributed by atoms with E-state index < -0.39 is 11.5 Å². The first kappa shape index (κ1) is 13.0. The van der Waals surface area contributed by atoms with E-state index in [4.69, 9.17) is 9.84 Å². The van der Waals surface area contributed by atoms with E-state index in [9.17, 15) is 9.59 Å². The van der Waals surface area contributed by atoms with Crippen molar-refractivity contribution in [3.8, 4) is 0 Å². The molecule has 2 N–H and O–H groups in total. The molecule has 2 atom stereocenters. The fourth-order valence-corrected chi connectivity index (χ4v) is 1.81. The highest BCUT2D eigenvalue weighted by atomic mass is 16.5. The highest BCUT2D eigenvalue weighted by molar-refractivity contribution is 5.88. The van der Waals surface area contributed by atoms with Gasteiger partial charge in [0, 0.05) is 18.9 Å². The van der Waals surface area contributed by atoms with E-state index >= 15 is 0 Å². The van der Waals surface area contributed by atoms with Gasteiger partial charge in [-0.3, -0.25) is 4.79 Å². The largest absolute Gasteiger partial charge is 0.479 e. The van der Waals surface area contributed by atoms with Gasteiger partial charge in [-0.15, -0.1) is 0 Å². The lowest BCUT2D eigenvalue weighted by Crippen LogP contribution is -2.56. The van der Waals surface area contributed by atoms with Crippen LogP contribution in [0.15, 0.2) is 0 Å². The van der Waals surface area contributed by atoms with Crippen molar-refractivity contribution in [3.63, 3.8) is 0 Å². The first-order valence-electron chi connectivity index (χ1n) is 5.65. The van der Waals surface area contributed by atoms with Crippen LogP contribution in [0.4, 0.5) is 0 Å². The summed E-state index contributed by atoms with van der Waals surface area (Å²) in [6, 6.07) is 0. The topological polar surface area (TPSA) is 75.6 Å². The van der Waals surface area contributed by atoms with Crippen LogP contribution in [-0.4, -0.2) is 35.7 Å². The van der Waals surface area contributed by atoms with Crippen LogP contribution in [0.2, 0.25) is 0 Å². The minimum atomic E-state index is -1.21. The predicted molar refractivity (Wildman–Crippen MR) is 58.0 cm³/mol. The van der Waals surface area contributed by atoms with Crippen LogP contribution in [-0.2, 0) is 14.3 Å². The van der Waals surface area contributed by atoms with E-state index in [1.54, 1.807) is 0 Å². The Kier molecular flexibility index (Phi) is 4.29. The first-order chi connectivity index (χ1) is 7.52. The van der Waals surface area contributed by atoms with Gasteiger partial charge in [-0.2, -0.15) is 0 Å². The molecule has 1 saturated heterocycles. The molecule has 2 unspecified atom stereocenters. The third-order valence-electron chi connectivity index (χ3n) is 2.96. The van der Waals surface area contributed by atoms with E-state index in [0.717, 1.165) is 12.8 Å². The maximum Gasteiger partial charge on any atom is 0.331 e. The monoisotopic (exact) mass is 229 g/mol. The van der Waals surface area contributed by atoms with Crippen molar-refractivity contribution >= 4 is 11.9 Å². The zero-order valence-electron chi connectivity index (χ0n) is 9.78. The molecule has 1 fully saturated rings. The molecule has 0 radical (unpaired) electrons. The third kappa shape index (κ3) is 2.72. The van der Waals surface area contributed by atoms with Crippen LogP contribution in [0.25, 0.3) is 0 Å². The maximum atomic E-state index is 11.8. The predicted octanol–water partition coefficient (Wildman–Crippen LogP) is 0.782. The van der Waals surface area contributed by atoms with Gasteiger partial charge in [0.2, 0.25) is 5.91 Å². The van der Waals surface area contributed by atoms with E-state index in [1.165, 1.54) is 0 Å². The molecular formula is C11H19NO4. The number of carboxylic acid groups (broad SMARTS) is 1. The average molecular weight is 229 g/mol. The van der Waals surface area contributed by atoms with E-state index in [2.05, 4.69) is 5.32 Å². The Morgan fingerprint density at radius 2 is 2.25 bits per heavy atom. The molecule has 5 nitrogen and oxygen atoms in total. The van der Waals surface area contributed by atoms with E-state index in [-0.39, 0.29) is 18.4 Å². The molecule has 0 bridgehead atoms. The number of carbonyl (C=O) groups is 2. The number of aliphatic carboxylic acids is 1. The van der Waals surface area contributed by atoms with Gasteiger partial charge >= 0.3 is 5.97 Å². The lowest BCUT2D eigenvalue weighted by atomic mass is 9.96. The lowest BCUT2D eigenvalue weighted by molar-refractivity contribution is -0.148. The van der Waals surface area contributed by atoms with Crippen molar-refractivity contribution < 1.29 is 19.4 Å². The number of carboxylic acids is 1. The zero-order valence-corrected chi connectivity index (χ0v) is 9.78. The molecule has 1 amide bonds. The van der Waals surface area contributed by atoms with Crippen molar-refractivity contribution in [2.45, 2.75) is 38.6 Å². The van der Waals surface area contributed by atoms with Crippen LogP contribution < -0.4 is 5.32 Å². The minimum Gasteiger partial charge on any atom is -0.479 e.